The molecule has 0 saturated carbocycles. The molecule has 4 N–H and O–H groups in total. The summed E-state index contributed by atoms with van der Waals surface area (Å²) in [6, 6.07) is 6.66. The van der Waals surface area contributed by atoms with E-state index in [1.54, 1.807) is 12.1 Å². The fourth-order valence-electron chi connectivity index (χ4n) is 3.73. The van der Waals surface area contributed by atoms with Gasteiger partial charge in [0.2, 0.25) is 11.6 Å². The Bertz CT molecular complexity index is 978. The normalized spacial score (nSPS) is 20.4. The van der Waals surface area contributed by atoms with Gasteiger partial charge in [0.05, 0.1) is 6.04 Å². The van der Waals surface area contributed by atoms with Crippen LogP contribution in [-0.4, -0.2) is 28.6 Å². The zero-order valence-corrected chi connectivity index (χ0v) is 15.6. The van der Waals surface area contributed by atoms with E-state index in [-0.39, 0.29) is 17.8 Å². The van der Waals surface area contributed by atoms with Crippen molar-refractivity contribution in [2.75, 3.05) is 17.2 Å². The molecule has 1 aromatic heterocycles. The third-order valence-electron chi connectivity index (χ3n) is 4.85. The van der Waals surface area contributed by atoms with Crippen LogP contribution in [0, 0.1) is 5.41 Å². The molecule has 146 valence electrons. The molecule has 9 nitrogen and oxygen atoms in total. The van der Waals surface area contributed by atoms with E-state index >= 15 is 0 Å². The van der Waals surface area contributed by atoms with Crippen molar-refractivity contribution in [2.24, 2.45) is 11.1 Å². The first kappa shape index (κ1) is 18.0. The number of Topliss-reactive ketones (excluding diaryl/α,β-unsaturated/α-hetero) is 1. The number of ether oxygens (including phenoxy) is 1. The molecule has 4 rings (SSSR count). The number of allylic oxidation sites excluding steroid dienone is 1. The minimum Gasteiger partial charge on any atom is -0.483 e. The summed E-state index contributed by atoms with van der Waals surface area (Å²) in [6.45, 7) is 3.84. The van der Waals surface area contributed by atoms with Crippen LogP contribution in [0.4, 0.5) is 11.6 Å². The molecule has 0 bridgehead atoms. The van der Waals surface area contributed by atoms with Gasteiger partial charge in [0.1, 0.15) is 5.75 Å². The maximum absolute atomic E-state index is 13.1. The van der Waals surface area contributed by atoms with E-state index in [9.17, 15) is 9.59 Å². The number of carbonyl (C=O) groups excluding carboxylic acids is 2. The zero-order valence-electron chi connectivity index (χ0n) is 15.6. The molecule has 1 amide bonds. The van der Waals surface area contributed by atoms with E-state index in [0.29, 0.717) is 41.4 Å². The number of hydrogen-bond donors (Lipinski definition) is 3. The highest BCUT2D eigenvalue weighted by molar-refractivity contribution is 6.00. The molecule has 9 heteroatoms. The van der Waals surface area contributed by atoms with Crippen LogP contribution in [0.5, 0.6) is 5.75 Å². The molecule has 0 spiro atoms. The summed E-state index contributed by atoms with van der Waals surface area (Å²) in [7, 11) is 0. The molecule has 1 unspecified atom stereocenters. The van der Waals surface area contributed by atoms with Crippen LogP contribution in [0.3, 0.4) is 0 Å². The van der Waals surface area contributed by atoms with Gasteiger partial charge in [0.25, 0.3) is 5.91 Å². The Morgan fingerprint density at radius 2 is 2.04 bits per heavy atom. The maximum atomic E-state index is 13.1. The van der Waals surface area contributed by atoms with Gasteiger partial charge in [-0.2, -0.15) is 0 Å². The molecular formula is C19H21N5O4. The van der Waals surface area contributed by atoms with Gasteiger partial charge in [-0.15, -0.1) is 0 Å². The summed E-state index contributed by atoms with van der Waals surface area (Å²) in [6.07, 6.45) is 1.09. The van der Waals surface area contributed by atoms with Crippen molar-refractivity contribution < 1.29 is 19.0 Å². The van der Waals surface area contributed by atoms with Gasteiger partial charge >= 0.3 is 0 Å². The van der Waals surface area contributed by atoms with Gasteiger partial charge in [-0.1, -0.05) is 32.0 Å². The first-order valence-electron chi connectivity index (χ1n) is 8.96. The van der Waals surface area contributed by atoms with Crippen LogP contribution in [0.1, 0.15) is 38.3 Å². The molecule has 0 fully saturated rings. The first-order valence-corrected chi connectivity index (χ1v) is 8.96. The predicted molar refractivity (Wildman–Crippen MR) is 100 cm³/mol. The number of aromatic nitrogens is 2. The summed E-state index contributed by atoms with van der Waals surface area (Å²) in [4.78, 5) is 24.3. The van der Waals surface area contributed by atoms with Crippen molar-refractivity contribution in [3.63, 3.8) is 0 Å². The van der Waals surface area contributed by atoms with Crippen LogP contribution in [0.15, 0.2) is 40.2 Å². The standard InChI is InChI=1S/C19H21N5O4/c1-19(2)7-11-15(12(25)8-19)16(22-18-17(21-11)23-28-24-18)10-5-3-4-6-13(10)27-9-14(20)26/h3-6,16H,7-9H2,1-2H3,(H2,20,26)(H,21,23)(H,22,24). The highest BCUT2D eigenvalue weighted by atomic mass is 16.6. The van der Waals surface area contributed by atoms with Gasteiger partial charge < -0.3 is 21.1 Å². The fourth-order valence-corrected chi connectivity index (χ4v) is 3.73. The molecule has 1 atom stereocenters. The lowest BCUT2D eigenvalue weighted by Gasteiger charge is -2.34. The molecule has 0 saturated heterocycles. The number of hydrogen-bond acceptors (Lipinski definition) is 8. The number of fused-ring (bicyclic) bond motifs is 1. The number of nitrogens with zero attached hydrogens (tertiary/aromatic N) is 2. The third kappa shape index (κ3) is 3.30. The van der Waals surface area contributed by atoms with Gasteiger partial charge in [-0.05, 0) is 28.2 Å². The third-order valence-corrected chi connectivity index (χ3v) is 4.85. The number of nitrogens with one attached hydrogen (secondary N) is 2. The maximum Gasteiger partial charge on any atom is 0.255 e. The second kappa shape index (κ2) is 6.66. The molecule has 1 aromatic carbocycles. The van der Waals surface area contributed by atoms with Crippen LogP contribution in [0.2, 0.25) is 0 Å². The average molecular weight is 383 g/mol. The molecule has 0 radical (unpaired) electrons. The SMILES string of the molecule is CC1(C)CC(=O)C2=C(C1)Nc1nonc1NC2c1ccccc1OCC(N)=O. The number of para-hydroxylation sites is 1. The van der Waals surface area contributed by atoms with E-state index in [2.05, 4.69) is 34.8 Å². The van der Waals surface area contributed by atoms with Gasteiger partial charge in [-0.25, -0.2) is 4.63 Å². The number of benzene rings is 1. The Hall–Kier alpha value is -3.36. The van der Waals surface area contributed by atoms with Crippen molar-refractivity contribution in [3.8, 4) is 5.75 Å². The number of rotatable bonds is 4. The summed E-state index contributed by atoms with van der Waals surface area (Å²) in [5.74, 6) is 0.737. The molecule has 1 aliphatic carbocycles. The van der Waals surface area contributed by atoms with Crippen molar-refractivity contribution >= 4 is 23.3 Å². The summed E-state index contributed by atoms with van der Waals surface area (Å²) in [5.41, 5.74) is 7.11. The van der Waals surface area contributed by atoms with Crippen molar-refractivity contribution in [1.82, 2.24) is 10.3 Å². The second-order valence-electron chi connectivity index (χ2n) is 7.79. The topological polar surface area (TPSA) is 132 Å². The van der Waals surface area contributed by atoms with E-state index < -0.39 is 11.9 Å². The first-order chi connectivity index (χ1) is 13.3. The Labute approximate surface area is 161 Å². The highest BCUT2D eigenvalue weighted by Crippen LogP contribution is 2.46. The van der Waals surface area contributed by atoms with E-state index in [1.807, 2.05) is 12.1 Å². The number of nitrogens with two attached hydrogens (primary N) is 1. The molecule has 2 aliphatic rings. The number of carbonyl (C=O) groups is 2. The molecular weight excluding hydrogens is 362 g/mol. The Balaban J connectivity index is 1.83. The van der Waals surface area contributed by atoms with Crippen LogP contribution >= 0.6 is 0 Å². The zero-order chi connectivity index (χ0) is 19.9. The summed E-state index contributed by atoms with van der Waals surface area (Å²) < 4.78 is 10.4. The largest absolute Gasteiger partial charge is 0.483 e. The predicted octanol–water partition coefficient (Wildman–Crippen LogP) is 2.16. The number of primary amides is 1. The Morgan fingerprint density at radius 3 is 2.82 bits per heavy atom. The lowest BCUT2D eigenvalue weighted by molar-refractivity contribution is -0.120. The lowest BCUT2D eigenvalue weighted by Crippen LogP contribution is -2.31. The quantitative estimate of drug-likeness (QED) is 0.732. The van der Waals surface area contributed by atoms with Gasteiger partial charge in [-0.3, -0.25) is 9.59 Å². The van der Waals surface area contributed by atoms with Crippen molar-refractivity contribution in [1.29, 1.82) is 0 Å². The minimum atomic E-state index is -0.580. The van der Waals surface area contributed by atoms with Gasteiger partial charge in [0.15, 0.2) is 12.4 Å². The monoisotopic (exact) mass is 383 g/mol. The summed E-state index contributed by atoms with van der Waals surface area (Å²) >= 11 is 0. The molecule has 2 heterocycles. The number of anilines is 2. The fraction of sp³-hybridized carbons (Fsp3) is 0.368. The molecule has 1 aliphatic heterocycles. The second-order valence-corrected chi connectivity index (χ2v) is 7.79. The number of ketones is 1. The Kier molecular flexibility index (Phi) is 4.29. The smallest absolute Gasteiger partial charge is 0.255 e. The van der Waals surface area contributed by atoms with E-state index in [0.717, 1.165) is 5.70 Å². The molecule has 2 aromatic rings. The van der Waals surface area contributed by atoms with Gasteiger partial charge in [0, 0.05) is 23.3 Å². The minimum absolute atomic E-state index is 0.0306. The van der Waals surface area contributed by atoms with E-state index in [1.165, 1.54) is 0 Å². The van der Waals surface area contributed by atoms with Crippen LogP contribution in [-0.2, 0) is 9.59 Å². The Morgan fingerprint density at radius 1 is 1.29 bits per heavy atom. The van der Waals surface area contributed by atoms with Crippen molar-refractivity contribution in [3.05, 3.63) is 41.1 Å². The van der Waals surface area contributed by atoms with Crippen LogP contribution < -0.4 is 21.1 Å². The highest BCUT2D eigenvalue weighted by Gasteiger charge is 2.40. The summed E-state index contributed by atoms with van der Waals surface area (Å²) in [5, 5.41) is 14.2. The van der Waals surface area contributed by atoms with Crippen LogP contribution in [0.25, 0.3) is 0 Å². The average Bonchev–Trinajstić information content (AvgIpc) is 2.98. The van der Waals surface area contributed by atoms with E-state index in [4.69, 9.17) is 15.1 Å². The molecule has 28 heavy (non-hydrogen) atoms. The van der Waals surface area contributed by atoms with Crippen molar-refractivity contribution in [2.45, 2.75) is 32.7 Å². The lowest BCUT2D eigenvalue weighted by atomic mass is 9.73. The number of amides is 1.